The zero-order valence-electron chi connectivity index (χ0n) is 17.6. The maximum absolute atomic E-state index is 13.4. The topological polar surface area (TPSA) is 85.9 Å². The number of rotatable bonds is 6. The summed E-state index contributed by atoms with van der Waals surface area (Å²) in [5.74, 6) is -2.05. The molecule has 0 spiro atoms. The summed E-state index contributed by atoms with van der Waals surface area (Å²) in [5.41, 5.74) is 0.741. The van der Waals surface area contributed by atoms with Gasteiger partial charge in [0.25, 0.3) is 11.8 Å². The predicted octanol–water partition coefficient (Wildman–Crippen LogP) is 2.52. The Morgan fingerprint density at radius 1 is 0.935 bits per heavy atom. The Morgan fingerprint density at radius 2 is 1.58 bits per heavy atom. The first-order chi connectivity index (χ1) is 14.8. The van der Waals surface area contributed by atoms with Crippen molar-refractivity contribution in [3.8, 4) is 0 Å². The van der Waals surface area contributed by atoms with Crippen molar-refractivity contribution in [1.29, 1.82) is 0 Å². The summed E-state index contributed by atoms with van der Waals surface area (Å²) in [7, 11) is 0. The molecule has 1 aliphatic rings. The Kier molecular flexibility index (Phi) is 7.73. The minimum absolute atomic E-state index is 0.122. The van der Waals surface area contributed by atoms with Crippen molar-refractivity contribution in [3.05, 3.63) is 71.5 Å². The fourth-order valence-corrected chi connectivity index (χ4v) is 3.24. The minimum atomic E-state index is -0.892. The van der Waals surface area contributed by atoms with Crippen LogP contribution in [0.1, 0.15) is 34.6 Å². The maximum Gasteiger partial charge on any atom is 0.251 e. The van der Waals surface area contributed by atoms with Crippen molar-refractivity contribution < 1.29 is 28.2 Å². The number of ether oxygens (including phenoxy) is 3. The Morgan fingerprint density at radius 3 is 2.29 bits per heavy atom. The lowest BCUT2D eigenvalue weighted by Gasteiger charge is -2.37. The zero-order chi connectivity index (χ0) is 22.3. The average Bonchev–Trinajstić information content (AvgIpc) is 2.75. The average molecular weight is 430 g/mol. The Bertz CT molecular complexity index is 891. The van der Waals surface area contributed by atoms with Gasteiger partial charge in [-0.15, -0.1) is 0 Å². The molecule has 0 bridgehead atoms. The highest BCUT2D eigenvalue weighted by Crippen LogP contribution is 2.20. The molecule has 8 heteroatoms. The van der Waals surface area contributed by atoms with Gasteiger partial charge in [-0.2, -0.15) is 0 Å². The van der Waals surface area contributed by atoms with Crippen LogP contribution in [-0.2, 0) is 14.2 Å². The van der Waals surface area contributed by atoms with E-state index >= 15 is 0 Å². The second-order valence-corrected chi connectivity index (χ2v) is 7.61. The molecule has 2 N–H and O–H groups in total. The lowest BCUT2D eigenvalue weighted by atomic mass is 10.1. The summed E-state index contributed by atoms with van der Waals surface area (Å²) in [6, 6.07) is 14.3. The predicted molar refractivity (Wildman–Crippen MR) is 112 cm³/mol. The number of amides is 2. The highest BCUT2D eigenvalue weighted by atomic mass is 19.1. The molecule has 2 amide bonds. The summed E-state index contributed by atoms with van der Waals surface area (Å²) >= 11 is 0. The lowest BCUT2D eigenvalue weighted by molar-refractivity contribution is -0.277. The third kappa shape index (κ3) is 6.85. The molecular formula is C23H27FN2O5. The quantitative estimate of drug-likeness (QED) is 0.736. The number of carbonyl (C=O) groups excluding carboxylic acids is 2. The molecule has 7 nitrogen and oxygen atoms in total. The molecule has 166 valence electrons. The van der Waals surface area contributed by atoms with Gasteiger partial charge < -0.3 is 24.8 Å². The van der Waals surface area contributed by atoms with Crippen molar-refractivity contribution in [2.24, 2.45) is 0 Å². The second-order valence-electron chi connectivity index (χ2n) is 7.61. The summed E-state index contributed by atoms with van der Waals surface area (Å²) in [6.07, 6.45) is -1.13. The molecule has 0 aromatic heterocycles. The standard InChI is InChI=1S/C23H27FN2O5/c1-23(2)30-12-11-29-19(14-25-22(28)17-9-6-10-18(24)13-17)20(31-23)15-26-21(27)16-7-4-3-5-8-16/h3-10,13,19-20H,11-12,14-15H2,1-2H3,(H,25,28)(H,26,27)/t19-,20+/m1/s1. The van der Waals surface area contributed by atoms with E-state index in [0.29, 0.717) is 18.8 Å². The van der Waals surface area contributed by atoms with Gasteiger partial charge in [0.05, 0.1) is 13.2 Å². The number of hydrogen-bond donors (Lipinski definition) is 2. The van der Waals surface area contributed by atoms with Crippen molar-refractivity contribution in [2.45, 2.75) is 31.8 Å². The van der Waals surface area contributed by atoms with E-state index < -0.39 is 29.7 Å². The first-order valence-corrected chi connectivity index (χ1v) is 10.1. The molecule has 0 aliphatic carbocycles. The fourth-order valence-electron chi connectivity index (χ4n) is 3.24. The van der Waals surface area contributed by atoms with Crippen LogP contribution in [0.3, 0.4) is 0 Å². The summed E-state index contributed by atoms with van der Waals surface area (Å²) in [6.45, 7) is 4.47. The monoisotopic (exact) mass is 430 g/mol. The van der Waals surface area contributed by atoms with Crippen LogP contribution in [0.2, 0.25) is 0 Å². The van der Waals surface area contributed by atoms with Gasteiger partial charge in [-0.25, -0.2) is 4.39 Å². The van der Waals surface area contributed by atoms with Crippen LogP contribution < -0.4 is 10.6 Å². The first-order valence-electron chi connectivity index (χ1n) is 10.1. The number of carbonyl (C=O) groups is 2. The maximum atomic E-state index is 13.4. The molecular weight excluding hydrogens is 403 g/mol. The van der Waals surface area contributed by atoms with Crippen molar-refractivity contribution in [1.82, 2.24) is 10.6 Å². The molecule has 1 aliphatic heterocycles. The SMILES string of the molecule is CC1(C)OCCO[C@H](CNC(=O)c2cccc(F)c2)[C@H](CNC(=O)c2ccccc2)O1. The minimum Gasteiger partial charge on any atom is -0.371 e. The van der Waals surface area contributed by atoms with Crippen LogP contribution in [-0.4, -0.2) is 56.1 Å². The molecule has 3 rings (SSSR count). The van der Waals surface area contributed by atoms with Gasteiger partial charge >= 0.3 is 0 Å². The van der Waals surface area contributed by atoms with Crippen LogP contribution in [0.25, 0.3) is 0 Å². The van der Waals surface area contributed by atoms with Crippen LogP contribution in [0, 0.1) is 5.82 Å². The van der Waals surface area contributed by atoms with E-state index in [2.05, 4.69) is 10.6 Å². The van der Waals surface area contributed by atoms with Gasteiger partial charge in [0.15, 0.2) is 5.79 Å². The van der Waals surface area contributed by atoms with Gasteiger partial charge in [-0.3, -0.25) is 9.59 Å². The lowest BCUT2D eigenvalue weighted by Crippen LogP contribution is -2.52. The normalized spacial score (nSPS) is 20.9. The van der Waals surface area contributed by atoms with Crippen LogP contribution in [0.4, 0.5) is 4.39 Å². The van der Waals surface area contributed by atoms with E-state index in [0.717, 1.165) is 0 Å². The molecule has 2 atom stereocenters. The van der Waals surface area contributed by atoms with E-state index in [-0.39, 0.29) is 24.6 Å². The second kappa shape index (κ2) is 10.5. The van der Waals surface area contributed by atoms with Gasteiger partial charge in [-0.1, -0.05) is 24.3 Å². The molecule has 0 unspecified atom stereocenters. The number of benzene rings is 2. The Balaban J connectivity index is 1.66. The number of halogens is 1. The van der Waals surface area contributed by atoms with Gasteiger partial charge in [0, 0.05) is 24.2 Å². The molecule has 2 aromatic rings. The first kappa shape index (κ1) is 22.9. The molecule has 1 fully saturated rings. The summed E-state index contributed by atoms with van der Waals surface area (Å²) < 4.78 is 31.0. The van der Waals surface area contributed by atoms with Crippen LogP contribution in [0.15, 0.2) is 54.6 Å². The van der Waals surface area contributed by atoms with Crippen molar-refractivity contribution >= 4 is 11.8 Å². The van der Waals surface area contributed by atoms with Gasteiger partial charge in [0.1, 0.15) is 18.0 Å². The smallest absolute Gasteiger partial charge is 0.251 e. The van der Waals surface area contributed by atoms with E-state index in [4.69, 9.17) is 14.2 Å². The number of nitrogens with one attached hydrogen (secondary N) is 2. The third-order valence-electron chi connectivity index (χ3n) is 4.77. The molecule has 31 heavy (non-hydrogen) atoms. The Labute approximate surface area is 180 Å². The largest absolute Gasteiger partial charge is 0.371 e. The van der Waals surface area contributed by atoms with Gasteiger partial charge in [-0.05, 0) is 44.2 Å². The highest BCUT2D eigenvalue weighted by molar-refractivity contribution is 5.94. The highest BCUT2D eigenvalue weighted by Gasteiger charge is 2.33. The molecule has 1 heterocycles. The summed E-state index contributed by atoms with van der Waals surface area (Å²) in [5, 5.41) is 5.61. The van der Waals surface area contributed by atoms with E-state index in [9.17, 15) is 14.0 Å². The molecule has 0 saturated carbocycles. The van der Waals surface area contributed by atoms with Gasteiger partial charge in [0.2, 0.25) is 0 Å². The van der Waals surface area contributed by atoms with Crippen molar-refractivity contribution in [3.63, 3.8) is 0 Å². The van der Waals surface area contributed by atoms with Crippen molar-refractivity contribution in [2.75, 3.05) is 26.3 Å². The Hall–Kier alpha value is -2.81. The molecule has 2 aromatic carbocycles. The summed E-state index contributed by atoms with van der Waals surface area (Å²) in [4.78, 5) is 24.9. The van der Waals surface area contributed by atoms with E-state index in [1.54, 1.807) is 38.1 Å². The zero-order valence-corrected chi connectivity index (χ0v) is 17.6. The van der Waals surface area contributed by atoms with Crippen LogP contribution >= 0.6 is 0 Å². The fraction of sp³-hybridized carbons (Fsp3) is 0.391. The van der Waals surface area contributed by atoms with E-state index in [1.807, 2.05) is 6.07 Å². The molecule has 1 saturated heterocycles. The van der Waals surface area contributed by atoms with E-state index in [1.165, 1.54) is 24.3 Å². The van der Waals surface area contributed by atoms with Crippen LogP contribution in [0.5, 0.6) is 0 Å². The number of hydrogen-bond acceptors (Lipinski definition) is 5. The molecule has 0 radical (unpaired) electrons. The third-order valence-corrected chi connectivity index (χ3v) is 4.77.